The number of aromatic nitrogens is 4. The second-order valence-electron chi connectivity index (χ2n) is 7.09. The van der Waals surface area contributed by atoms with Crippen LogP contribution in [0.2, 0.25) is 0 Å². The summed E-state index contributed by atoms with van der Waals surface area (Å²) in [5, 5.41) is 4.63. The van der Waals surface area contributed by atoms with E-state index in [1.165, 1.54) is 30.2 Å². The van der Waals surface area contributed by atoms with Gasteiger partial charge >= 0.3 is 0 Å². The summed E-state index contributed by atoms with van der Waals surface area (Å²) in [6, 6.07) is 3.93. The third-order valence-electron chi connectivity index (χ3n) is 5.52. The summed E-state index contributed by atoms with van der Waals surface area (Å²) in [5.41, 5.74) is 3.26. The quantitative estimate of drug-likeness (QED) is 0.787. The number of anilines is 1. The summed E-state index contributed by atoms with van der Waals surface area (Å²) < 4.78 is 0. The molecule has 1 aliphatic carbocycles. The molecule has 6 nitrogen and oxygen atoms in total. The van der Waals surface area contributed by atoms with E-state index in [0.29, 0.717) is 5.92 Å². The zero-order chi connectivity index (χ0) is 17.3. The lowest BCUT2D eigenvalue weighted by atomic mass is 9.79. The topological polar surface area (TPSA) is 66.8 Å². The van der Waals surface area contributed by atoms with Crippen molar-refractivity contribution in [3.63, 3.8) is 0 Å². The van der Waals surface area contributed by atoms with Crippen molar-refractivity contribution in [2.75, 3.05) is 31.1 Å². The van der Waals surface area contributed by atoms with Gasteiger partial charge in [0.15, 0.2) is 5.82 Å². The molecule has 1 saturated heterocycles. The Morgan fingerprint density at radius 1 is 0.962 bits per heavy atom. The van der Waals surface area contributed by atoms with Crippen LogP contribution >= 0.6 is 0 Å². The van der Waals surface area contributed by atoms with E-state index in [1.54, 1.807) is 12.4 Å². The van der Waals surface area contributed by atoms with Crippen molar-refractivity contribution in [1.82, 2.24) is 25.3 Å². The van der Waals surface area contributed by atoms with Crippen molar-refractivity contribution < 1.29 is 0 Å². The molecule has 132 valence electrons. The van der Waals surface area contributed by atoms with E-state index in [0.717, 1.165) is 48.9 Å². The normalized spacial score (nSPS) is 18.1. The number of nitrogens with zero attached hydrogens (tertiary/aromatic N) is 5. The number of pyridine rings is 2. The number of nitrogens with one attached hydrogen (secondary N) is 1. The molecule has 0 amide bonds. The van der Waals surface area contributed by atoms with E-state index in [1.807, 2.05) is 24.5 Å². The number of hydrogen-bond donors (Lipinski definition) is 1. The lowest BCUT2D eigenvalue weighted by Crippen LogP contribution is -2.44. The Labute approximate surface area is 152 Å². The number of rotatable bonds is 3. The molecular weight excluding hydrogens is 324 g/mol. The maximum atomic E-state index is 5.03. The maximum absolute atomic E-state index is 5.03. The molecule has 4 heterocycles. The van der Waals surface area contributed by atoms with Crippen molar-refractivity contribution in [3.8, 4) is 11.4 Å². The zero-order valence-corrected chi connectivity index (χ0v) is 14.7. The minimum absolute atomic E-state index is 0.600. The zero-order valence-electron chi connectivity index (χ0n) is 14.7. The summed E-state index contributed by atoms with van der Waals surface area (Å²) in [5.74, 6) is 2.41. The summed E-state index contributed by atoms with van der Waals surface area (Å²) >= 11 is 0. The van der Waals surface area contributed by atoms with Crippen molar-refractivity contribution in [1.29, 1.82) is 0 Å². The number of piperazine rings is 1. The summed E-state index contributed by atoms with van der Waals surface area (Å²) in [6.07, 6.45) is 11.3. The van der Waals surface area contributed by atoms with Gasteiger partial charge in [-0.3, -0.25) is 9.97 Å². The first kappa shape index (κ1) is 15.6. The minimum Gasteiger partial charge on any atom is -0.353 e. The van der Waals surface area contributed by atoms with Crippen LogP contribution in [0.3, 0.4) is 0 Å². The summed E-state index contributed by atoms with van der Waals surface area (Å²) in [4.78, 5) is 20.9. The van der Waals surface area contributed by atoms with Gasteiger partial charge in [-0.25, -0.2) is 9.97 Å². The highest BCUT2D eigenvalue weighted by molar-refractivity contribution is 5.94. The van der Waals surface area contributed by atoms with Crippen LogP contribution < -0.4 is 10.2 Å². The third-order valence-corrected chi connectivity index (χ3v) is 5.52. The monoisotopic (exact) mass is 346 g/mol. The molecule has 0 bridgehead atoms. The highest BCUT2D eigenvalue weighted by Gasteiger charge is 2.26. The van der Waals surface area contributed by atoms with E-state index < -0.39 is 0 Å². The Balaban J connectivity index is 1.72. The van der Waals surface area contributed by atoms with E-state index in [4.69, 9.17) is 9.97 Å². The van der Waals surface area contributed by atoms with Gasteiger partial charge < -0.3 is 10.2 Å². The Kier molecular flexibility index (Phi) is 3.97. The van der Waals surface area contributed by atoms with E-state index in [9.17, 15) is 0 Å². The molecule has 0 unspecified atom stereocenters. The highest BCUT2D eigenvalue weighted by Crippen LogP contribution is 2.41. The average Bonchev–Trinajstić information content (AvgIpc) is 2.67. The minimum atomic E-state index is 0.600. The Morgan fingerprint density at radius 3 is 2.50 bits per heavy atom. The predicted molar refractivity (Wildman–Crippen MR) is 102 cm³/mol. The molecule has 0 spiro atoms. The first-order chi connectivity index (χ1) is 12.9. The van der Waals surface area contributed by atoms with Crippen molar-refractivity contribution in [2.45, 2.75) is 25.2 Å². The van der Waals surface area contributed by atoms with E-state index >= 15 is 0 Å². The van der Waals surface area contributed by atoms with E-state index in [2.05, 4.69) is 20.2 Å². The fourth-order valence-electron chi connectivity index (χ4n) is 3.85. The maximum Gasteiger partial charge on any atom is 0.162 e. The van der Waals surface area contributed by atoms with Crippen LogP contribution in [0, 0.1) is 0 Å². The Morgan fingerprint density at radius 2 is 1.77 bits per heavy atom. The second kappa shape index (κ2) is 6.61. The largest absolute Gasteiger partial charge is 0.353 e. The molecule has 3 aromatic heterocycles. The molecular formula is C20H22N6. The molecule has 26 heavy (non-hydrogen) atoms. The van der Waals surface area contributed by atoms with Gasteiger partial charge in [0.1, 0.15) is 5.82 Å². The summed E-state index contributed by atoms with van der Waals surface area (Å²) in [6.45, 7) is 3.91. The Bertz CT molecular complexity index is 916. The fraction of sp³-hybridized carbons (Fsp3) is 0.400. The van der Waals surface area contributed by atoms with Gasteiger partial charge in [-0.15, -0.1) is 0 Å². The van der Waals surface area contributed by atoms with Gasteiger partial charge in [0.2, 0.25) is 0 Å². The molecule has 0 atom stereocenters. The molecule has 5 rings (SSSR count). The Hall–Kier alpha value is -2.60. The van der Waals surface area contributed by atoms with Crippen molar-refractivity contribution >= 4 is 16.7 Å². The molecule has 1 saturated carbocycles. The molecule has 0 radical (unpaired) electrons. The lowest BCUT2D eigenvalue weighted by molar-refractivity contribution is 0.421. The molecule has 2 aliphatic rings. The molecule has 6 heteroatoms. The third kappa shape index (κ3) is 2.70. The average molecular weight is 346 g/mol. The smallest absolute Gasteiger partial charge is 0.162 e. The van der Waals surface area contributed by atoms with Gasteiger partial charge in [0, 0.05) is 55.7 Å². The van der Waals surface area contributed by atoms with E-state index in [-0.39, 0.29) is 0 Å². The molecule has 3 aromatic rings. The first-order valence-corrected chi connectivity index (χ1v) is 9.42. The molecule has 1 N–H and O–H groups in total. The van der Waals surface area contributed by atoms with Gasteiger partial charge in [0.05, 0.1) is 11.7 Å². The van der Waals surface area contributed by atoms with Crippen molar-refractivity contribution in [2.24, 2.45) is 0 Å². The fourth-order valence-corrected chi connectivity index (χ4v) is 3.85. The van der Waals surface area contributed by atoms with Crippen LogP contribution in [0.25, 0.3) is 22.3 Å². The van der Waals surface area contributed by atoms with Crippen LogP contribution in [0.5, 0.6) is 0 Å². The first-order valence-electron chi connectivity index (χ1n) is 9.42. The van der Waals surface area contributed by atoms with Gasteiger partial charge in [-0.05, 0) is 36.5 Å². The van der Waals surface area contributed by atoms with Gasteiger partial charge in [-0.1, -0.05) is 6.42 Å². The molecule has 0 aromatic carbocycles. The van der Waals surface area contributed by atoms with Crippen LogP contribution in [0.1, 0.15) is 30.7 Å². The van der Waals surface area contributed by atoms with Crippen LogP contribution in [0.15, 0.2) is 36.9 Å². The predicted octanol–water partition coefficient (Wildman–Crippen LogP) is 2.76. The molecule has 1 aliphatic heterocycles. The highest BCUT2D eigenvalue weighted by atomic mass is 15.2. The van der Waals surface area contributed by atoms with Crippen LogP contribution in [0.4, 0.5) is 5.82 Å². The van der Waals surface area contributed by atoms with Crippen LogP contribution in [-0.4, -0.2) is 46.1 Å². The van der Waals surface area contributed by atoms with Crippen molar-refractivity contribution in [3.05, 3.63) is 42.5 Å². The van der Waals surface area contributed by atoms with Gasteiger partial charge in [0.25, 0.3) is 0 Å². The summed E-state index contributed by atoms with van der Waals surface area (Å²) in [7, 11) is 0. The van der Waals surface area contributed by atoms with Crippen LogP contribution in [-0.2, 0) is 0 Å². The number of fused-ring (bicyclic) bond motifs is 1. The SMILES string of the molecule is c1cc(-c2nc(N3CCNCC3)c3c(C4CCC4)cncc3n2)ccn1. The molecule has 2 fully saturated rings. The number of hydrogen-bond acceptors (Lipinski definition) is 6. The second-order valence-corrected chi connectivity index (χ2v) is 7.09. The lowest BCUT2D eigenvalue weighted by Gasteiger charge is -2.32. The standard InChI is InChI=1S/C20H22N6/c1-2-14(3-1)16-12-23-13-17-18(16)20(26-10-8-22-9-11-26)25-19(24-17)15-4-6-21-7-5-15/h4-7,12-14,22H,1-3,8-11H2. The van der Waals surface area contributed by atoms with Gasteiger partial charge in [-0.2, -0.15) is 0 Å².